The number of rotatable bonds is 5. The van der Waals surface area contributed by atoms with E-state index < -0.39 is 0 Å². The van der Waals surface area contributed by atoms with E-state index >= 15 is 0 Å². The van der Waals surface area contributed by atoms with E-state index in [4.69, 9.17) is 9.97 Å². The van der Waals surface area contributed by atoms with Crippen LogP contribution in [0.15, 0.2) is 150 Å². The summed E-state index contributed by atoms with van der Waals surface area (Å²) in [5.74, 6) is 0.693. The third-order valence-corrected chi connectivity index (χ3v) is 7.64. The maximum atomic E-state index is 5.06. The summed E-state index contributed by atoms with van der Waals surface area (Å²) in [4.78, 5) is 14.8. The minimum atomic E-state index is 0.693. The van der Waals surface area contributed by atoms with E-state index in [1.165, 1.54) is 11.1 Å². The van der Waals surface area contributed by atoms with E-state index in [0.29, 0.717) is 5.82 Å². The largest absolute Gasteiger partial charge is 0.256 e. The Balaban J connectivity index is 1.37. The van der Waals surface area contributed by atoms with Crippen molar-refractivity contribution >= 4 is 26.8 Å². The summed E-state index contributed by atoms with van der Waals surface area (Å²) < 4.78 is 0.978. The minimum absolute atomic E-state index is 0.693. The van der Waals surface area contributed by atoms with Crippen molar-refractivity contribution in [3.8, 4) is 56.2 Å². The molecule has 0 saturated carbocycles. The molecule has 2 heterocycles. The average molecular weight is 591 g/mol. The molecule has 5 aromatic carbocycles. The first-order chi connectivity index (χ1) is 20.2. The van der Waals surface area contributed by atoms with Crippen LogP contribution in [-0.4, -0.2) is 15.0 Å². The van der Waals surface area contributed by atoms with E-state index in [-0.39, 0.29) is 0 Å². The van der Waals surface area contributed by atoms with Crippen molar-refractivity contribution in [2.75, 3.05) is 0 Å². The van der Waals surface area contributed by atoms with Crippen LogP contribution in [-0.2, 0) is 0 Å². The number of hydrogen-bond acceptors (Lipinski definition) is 3. The van der Waals surface area contributed by atoms with Gasteiger partial charge in [0.15, 0.2) is 5.82 Å². The van der Waals surface area contributed by atoms with Crippen molar-refractivity contribution in [2.24, 2.45) is 0 Å². The lowest BCUT2D eigenvalue weighted by atomic mass is 9.98. The van der Waals surface area contributed by atoms with Crippen molar-refractivity contribution in [2.45, 2.75) is 0 Å². The number of nitrogens with zero attached hydrogens (tertiary/aromatic N) is 3. The fraction of sp³-hybridized carbons (Fsp3) is 0. The third-order valence-electron chi connectivity index (χ3n) is 7.18. The summed E-state index contributed by atoms with van der Waals surface area (Å²) in [5, 5.41) is 1.11. The number of benzene rings is 5. The molecule has 0 saturated heterocycles. The van der Waals surface area contributed by atoms with E-state index in [9.17, 15) is 0 Å². The lowest BCUT2D eigenvalue weighted by molar-refractivity contribution is 1.18. The average Bonchev–Trinajstić information content (AvgIpc) is 3.05. The molecule has 0 aliphatic heterocycles. The molecule has 41 heavy (non-hydrogen) atoms. The van der Waals surface area contributed by atoms with Gasteiger partial charge in [0.2, 0.25) is 0 Å². The Hall–Kier alpha value is -4.93. The van der Waals surface area contributed by atoms with Gasteiger partial charge in [0.1, 0.15) is 0 Å². The van der Waals surface area contributed by atoms with Gasteiger partial charge in [-0.2, -0.15) is 0 Å². The van der Waals surface area contributed by atoms with Crippen LogP contribution in [0.4, 0.5) is 0 Å². The summed E-state index contributed by atoms with van der Waals surface area (Å²) in [6, 6.07) is 48.0. The maximum absolute atomic E-state index is 5.06. The molecule has 3 nitrogen and oxygen atoms in total. The molecule has 0 unspecified atom stereocenters. The van der Waals surface area contributed by atoms with Crippen molar-refractivity contribution in [3.05, 3.63) is 150 Å². The van der Waals surface area contributed by atoms with Gasteiger partial charge in [0.05, 0.1) is 16.9 Å². The zero-order valence-corrected chi connectivity index (χ0v) is 23.7. The molecule has 0 amide bonds. The van der Waals surface area contributed by atoms with E-state index in [0.717, 1.165) is 54.6 Å². The Labute approximate surface area is 247 Å². The van der Waals surface area contributed by atoms with Gasteiger partial charge in [-0.15, -0.1) is 0 Å². The third kappa shape index (κ3) is 5.18. The van der Waals surface area contributed by atoms with Crippen LogP contribution in [0, 0.1) is 0 Å². The molecule has 0 aliphatic rings. The first-order valence-electron chi connectivity index (χ1n) is 13.5. The van der Waals surface area contributed by atoms with Gasteiger partial charge in [-0.1, -0.05) is 125 Å². The van der Waals surface area contributed by atoms with Crippen molar-refractivity contribution < 1.29 is 0 Å². The number of pyridine rings is 1. The van der Waals surface area contributed by atoms with Crippen molar-refractivity contribution in [3.63, 3.8) is 0 Å². The zero-order valence-electron chi connectivity index (χ0n) is 22.1. The van der Waals surface area contributed by atoms with Crippen LogP contribution in [0.3, 0.4) is 0 Å². The predicted molar refractivity (Wildman–Crippen MR) is 172 cm³/mol. The highest BCUT2D eigenvalue weighted by Crippen LogP contribution is 2.35. The van der Waals surface area contributed by atoms with Crippen molar-refractivity contribution in [1.29, 1.82) is 0 Å². The Morgan fingerprint density at radius 1 is 0.439 bits per heavy atom. The van der Waals surface area contributed by atoms with Gasteiger partial charge in [-0.05, 0) is 47.0 Å². The molecule has 0 fully saturated rings. The summed E-state index contributed by atoms with van der Waals surface area (Å²) in [7, 11) is 0. The van der Waals surface area contributed by atoms with Gasteiger partial charge in [-0.3, -0.25) is 4.98 Å². The fourth-order valence-corrected chi connectivity index (χ4v) is 5.65. The second-order valence-electron chi connectivity index (χ2n) is 9.88. The molecule has 0 N–H and O–H groups in total. The highest BCUT2D eigenvalue weighted by molar-refractivity contribution is 9.10. The zero-order chi connectivity index (χ0) is 27.6. The lowest BCUT2D eigenvalue weighted by Crippen LogP contribution is -1.96. The van der Waals surface area contributed by atoms with Gasteiger partial charge in [-0.25, -0.2) is 9.97 Å². The highest BCUT2D eigenvalue weighted by Gasteiger charge is 2.14. The second kappa shape index (κ2) is 10.9. The number of fused-ring (bicyclic) bond motifs is 1. The molecule has 0 aliphatic carbocycles. The van der Waals surface area contributed by atoms with E-state index in [2.05, 4.69) is 130 Å². The number of aromatic nitrogens is 3. The van der Waals surface area contributed by atoms with E-state index in [1.54, 1.807) is 0 Å². The number of hydrogen-bond donors (Lipinski definition) is 0. The van der Waals surface area contributed by atoms with Gasteiger partial charge in [0, 0.05) is 38.3 Å². The van der Waals surface area contributed by atoms with Gasteiger partial charge >= 0.3 is 0 Å². The van der Waals surface area contributed by atoms with Crippen LogP contribution < -0.4 is 0 Å². The van der Waals surface area contributed by atoms with Crippen LogP contribution in [0.1, 0.15) is 0 Å². The first kappa shape index (κ1) is 25.1. The Kier molecular flexibility index (Phi) is 6.67. The SMILES string of the molecule is Brc1cc(-c2cc(-c3ccc(-c4ccccc4)cc3)nc(-c3ccccc3)n2)cc(-c2cccc3cccnc23)c1. The highest BCUT2D eigenvalue weighted by atomic mass is 79.9. The molecular weight excluding hydrogens is 566 g/mol. The molecule has 7 rings (SSSR count). The van der Waals surface area contributed by atoms with Crippen LogP contribution in [0.25, 0.3) is 67.1 Å². The predicted octanol–water partition coefficient (Wildman–Crippen LogP) is 10.1. The first-order valence-corrected chi connectivity index (χ1v) is 14.3. The summed E-state index contributed by atoms with van der Waals surface area (Å²) in [5.41, 5.74) is 10.3. The molecule has 7 aromatic rings. The van der Waals surface area contributed by atoms with E-state index in [1.807, 2.05) is 36.5 Å². The monoisotopic (exact) mass is 589 g/mol. The Bertz CT molecular complexity index is 1980. The summed E-state index contributed by atoms with van der Waals surface area (Å²) in [6.45, 7) is 0. The molecule has 194 valence electrons. The Morgan fingerprint density at radius 2 is 1.05 bits per heavy atom. The topological polar surface area (TPSA) is 38.7 Å². The standard InChI is InChI=1S/C37H24BrN3/c38-32-22-30(33-15-7-13-28-14-8-20-39-36(28)33)21-31(23-32)35-24-34(40-37(41-35)29-11-5-2-6-12-29)27-18-16-26(17-19-27)25-9-3-1-4-10-25/h1-24H. The fourth-order valence-electron chi connectivity index (χ4n) is 5.15. The van der Waals surface area contributed by atoms with Crippen LogP contribution in [0.2, 0.25) is 0 Å². The molecule has 2 aromatic heterocycles. The van der Waals surface area contributed by atoms with Gasteiger partial charge in [0.25, 0.3) is 0 Å². The van der Waals surface area contributed by atoms with Crippen LogP contribution in [0.5, 0.6) is 0 Å². The summed E-state index contributed by atoms with van der Waals surface area (Å²) >= 11 is 3.76. The van der Waals surface area contributed by atoms with Crippen LogP contribution >= 0.6 is 15.9 Å². The minimum Gasteiger partial charge on any atom is -0.256 e. The maximum Gasteiger partial charge on any atom is 0.160 e. The van der Waals surface area contributed by atoms with Gasteiger partial charge < -0.3 is 0 Å². The quantitative estimate of drug-likeness (QED) is 0.200. The number of halogens is 1. The molecule has 0 radical (unpaired) electrons. The molecular formula is C37H24BrN3. The molecule has 0 bridgehead atoms. The Morgan fingerprint density at radius 3 is 1.80 bits per heavy atom. The lowest BCUT2D eigenvalue weighted by Gasteiger charge is -2.12. The molecule has 0 spiro atoms. The second-order valence-corrected chi connectivity index (χ2v) is 10.8. The molecule has 4 heteroatoms. The smallest absolute Gasteiger partial charge is 0.160 e. The van der Waals surface area contributed by atoms with Crippen molar-refractivity contribution in [1.82, 2.24) is 15.0 Å². The normalized spacial score (nSPS) is 11.0. The molecule has 0 atom stereocenters. The number of para-hydroxylation sites is 1. The summed E-state index contributed by atoms with van der Waals surface area (Å²) in [6.07, 6.45) is 1.84.